The molecule has 0 heterocycles. The summed E-state index contributed by atoms with van der Waals surface area (Å²) >= 11 is 0. The Labute approximate surface area is 157 Å². The van der Waals surface area contributed by atoms with Crippen LogP contribution in [0.3, 0.4) is 0 Å². The smallest absolute Gasteiger partial charge is 0.407 e. The number of carbonyl (C=O) groups excluding carboxylic acids is 4. The summed E-state index contributed by atoms with van der Waals surface area (Å²) in [5.74, 6) is -1.76. The maximum absolute atomic E-state index is 12.7. The summed E-state index contributed by atoms with van der Waals surface area (Å²) < 4.78 is 17.6. The summed E-state index contributed by atoms with van der Waals surface area (Å²) in [5.41, 5.74) is 0.788. The van der Waals surface area contributed by atoms with Gasteiger partial charge in [-0.05, 0) is 12.0 Å². The van der Waals surface area contributed by atoms with E-state index in [2.05, 4.69) is 10.6 Å². The largest absolute Gasteiger partial charge is 0.445 e. The molecule has 2 N–H and O–H groups in total. The molecule has 0 aliphatic carbocycles. The van der Waals surface area contributed by atoms with Crippen LogP contribution in [0.2, 0.25) is 0 Å². The quantitative estimate of drug-likeness (QED) is 0.624. The second kappa shape index (κ2) is 11.6. The van der Waals surface area contributed by atoms with E-state index in [0.29, 0.717) is 0 Å². The van der Waals surface area contributed by atoms with Gasteiger partial charge in [-0.2, -0.15) is 0 Å². The molecule has 0 saturated carbocycles. The summed E-state index contributed by atoms with van der Waals surface area (Å²) in [6.07, 6.45) is -0.842. The molecule has 0 bridgehead atoms. The fraction of sp³-hybridized carbons (Fsp3) is 0.444. The van der Waals surface area contributed by atoms with E-state index in [9.17, 15) is 23.6 Å². The van der Waals surface area contributed by atoms with Gasteiger partial charge in [-0.3, -0.25) is 14.4 Å². The number of nitrogens with one attached hydrogen (secondary N) is 2. The van der Waals surface area contributed by atoms with E-state index in [-0.39, 0.29) is 25.4 Å². The normalized spacial score (nSPS) is 11.2. The van der Waals surface area contributed by atoms with Crippen molar-refractivity contribution in [3.63, 3.8) is 0 Å². The minimum Gasteiger partial charge on any atom is -0.445 e. The molecule has 1 atom stereocenters. The maximum atomic E-state index is 12.7. The van der Waals surface area contributed by atoms with Gasteiger partial charge in [0.2, 0.25) is 11.8 Å². The summed E-state index contributed by atoms with van der Waals surface area (Å²) in [6, 6.07) is 7.85. The molecule has 1 rings (SSSR count). The van der Waals surface area contributed by atoms with Crippen molar-refractivity contribution in [2.24, 2.45) is 0 Å². The van der Waals surface area contributed by atoms with E-state index in [1.807, 2.05) is 6.07 Å². The van der Waals surface area contributed by atoms with Gasteiger partial charge < -0.3 is 20.3 Å². The first-order valence-corrected chi connectivity index (χ1v) is 8.36. The number of benzene rings is 1. The number of rotatable bonds is 10. The van der Waals surface area contributed by atoms with E-state index >= 15 is 0 Å². The first kappa shape index (κ1) is 22.1. The van der Waals surface area contributed by atoms with Crippen molar-refractivity contribution >= 4 is 23.7 Å². The zero-order chi connectivity index (χ0) is 20.2. The topological polar surface area (TPSA) is 105 Å². The fourth-order valence-corrected chi connectivity index (χ4v) is 2.07. The molecule has 148 valence electrons. The first-order valence-electron chi connectivity index (χ1n) is 8.36. The molecule has 1 aromatic carbocycles. The SMILES string of the molecule is CN(C)C(=O)CC[C@H](NC(=O)CNC(=O)OCc1ccccc1)C(=O)CF. The first-order chi connectivity index (χ1) is 12.8. The molecule has 27 heavy (non-hydrogen) atoms. The van der Waals surface area contributed by atoms with Crippen molar-refractivity contribution in [2.75, 3.05) is 27.3 Å². The lowest BCUT2D eigenvalue weighted by atomic mass is 10.1. The third kappa shape index (κ3) is 8.80. The highest BCUT2D eigenvalue weighted by atomic mass is 19.1. The highest BCUT2D eigenvalue weighted by Crippen LogP contribution is 2.03. The Kier molecular flexibility index (Phi) is 9.49. The van der Waals surface area contributed by atoms with E-state index in [1.54, 1.807) is 38.4 Å². The summed E-state index contributed by atoms with van der Waals surface area (Å²) in [4.78, 5) is 48.0. The number of ketones is 1. The molecule has 3 amide bonds. The van der Waals surface area contributed by atoms with Crippen molar-refractivity contribution in [2.45, 2.75) is 25.5 Å². The molecule has 0 radical (unpaired) electrons. The van der Waals surface area contributed by atoms with Crippen LogP contribution in [0, 0.1) is 0 Å². The summed E-state index contributed by atoms with van der Waals surface area (Å²) in [5, 5.41) is 4.57. The average molecular weight is 381 g/mol. The molecule has 9 heteroatoms. The number of ether oxygens (including phenoxy) is 1. The van der Waals surface area contributed by atoms with Crippen LogP contribution in [0.15, 0.2) is 30.3 Å². The Morgan fingerprint density at radius 2 is 1.81 bits per heavy atom. The van der Waals surface area contributed by atoms with Gasteiger partial charge >= 0.3 is 6.09 Å². The number of amides is 3. The second-order valence-electron chi connectivity index (χ2n) is 5.96. The molecule has 0 aliphatic rings. The number of hydrogen-bond acceptors (Lipinski definition) is 5. The van der Waals surface area contributed by atoms with Crippen LogP contribution in [-0.4, -0.2) is 61.9 Å². The molecular weight excluding hydrogens is 357 g/mol. The van der Waals surface area contributed by atoms with Crippen LogP contribution in [0.1, 0.15) is 18.4 Å². The van der Waals surface area contributed by atoms with Crippen LogP contribution in [-0.2, 0) is 25.7 Å². The lowest BCUT2D eigenvalue weighted by molar-refractivity contribution is -0.131. The van der Waals surface area contributed by atoms with Crippen molar-refractivity contribution in [1.29, 1.82) is 0 Å². The Balaban J connectivity index is 2.40. The van der Waals surface area contributed by atoms with Crippen LogP contribution in [0.25, 0.3) is 0 Å². The van der Waals surface area contributed by atoms with Crippen LogP contribution in [0.4, 0.5) is 9.18 Å². The number of alkyl halides is 1. The zero-order valence-electron chi connectivity index (χ0n) is 15.4. The molecule has 0 aliphatic heterocycles. The number of halogens is 1. The van der Waals surface area contributed by atoms with Crippen LogP contribution in [0.5, 0.6) is 0 Å². The molecule has 0 fully saturated rings. The van der Waals surface area contributed by atoms with Gasteiger partial charge in [0.25, 0.3) is 0 Å². The van der Waals surface area contributed by atoms with Crippen molar-refractivity contribution in [1.82, 2.24) is 15.5 Å². The lowest BCUT2D eigenvalue weighted by Gasteiger charge is -2.17. The molecular formula is C18H24FN3O5. The van der Waals surface area contributed by atoms with Gasteiger partial charge in [0.15, 0.2) is 5.78 Å². The van der Waals surface area contributed by atoms with Gasteiger partial charge in [0.1, 0.15) is 19.8 Å². The number of Topliss-reactive ketones (excluding diaryl/α,β-unsaturated/α-hetero) is 1. The number of nitrogens with zero attached hydrogens (tertiary/aromatic N) is 1. The minimum absolute atomic E-state index is 0.0176. The number of hydrogen-bond donors (Lipinski definition) is 2. The summed E-state index contributed by atoms with van der Waals surface area (Å²) in [7, 11) is 3.11. The van der Waals surface area contributed by atoms with Gasteiger partial charge in [-0.1, -0.05) is 30.3 Å². The number of alkyl carbamates (subject to hydrolysis) is 1. The van der Waals surface area contributed by atoms with Crippen LogP contribution >= 0.6 is 0 Å². The summed E-state index contributed by atoms with van der Waals surface area (Å²) in [6.45, 7) is -1.65. The van der Waals surface area contributed by atoms with Gasteiger partial charge in [0, 0.05) is 20.5 Å². The predicted octanol–water partition coefficient (Wildman–Crippen LogP) is 0.805. The standard InChI is InChI=1S/C18H24FN3O5/c1-22(2)17(25)9-8-14(15(23)10-19)21-16(24)11-20-18(26)27-12-13-6-4-3-5-7-13/h3-7,14H,8-12H2,1-2H3,(H,20,26)(H,21,24)/t14-/m0/s1. The Hall–Kier alpha value is -2.97. The molecule has 1 aromatic rings. The molecule has 0 saturated heterocycles. The van der Waals surface area contributed by atoms with Crippen LogP contribution < -0.4 is 10.6 Å². The monoisotopic (exact) mass is 381 g/mol. The zero-order valence-corrected chi connectivity index (χ0v) is 15.4. The van der Waals surface area contributed by atoms with Gasteiger partial charge in [-0.25, -0.2) is 9.18 Å². The second-order valence-corrected chi connectivity index (χ2v) is 5.96. The fourth-order valence-electron chi connectivity index (χ4n) is 2.07. The number of carbonyl (C=O) groups is 4. The van der Waals surface area contributed by atoms with E-state index in [0.717, 1.165) is 5.56 Å². The Bertz CT molecular complexity index is 652. The third-order valence-electron chi connectivity index (χ3n) is 3.61. The lowest BCUT2D eigenvalue weighted by Crippen LogP contribution is -2.46. The van der Waals surface area contributed by atoms with Crippen molar-refractivity contribution in [3.8, 4) is 0 Å². The van der Waals surface area contributed by atoms with E-state index in [4.69, 9.17) is 4.74 Å². The van der Waals surface area contributed by atoms with Gasteiger partial charge in [-0.15, -0.1) is 0 Å². The van der Waals surface area contributed by atoms with Gasteiger partial charge in [0.05, 0.1) is 6.04 Å². The average Bonchev–Trinajstić information content (AvgIpc) is 2.67. The molecule has 0 spiro atoms. The van der Waals surface area contributed by atoms with E-state index in [1.165, 1.54) is 4.90 Å². The van der Waals surface area contributed by atoms with Crippen molar-refractivity contribution in [3.05, 3.63) is 35.9 Å². The highest BCUT2D eigenvalue weighted by Gasteiger charge is 2.22. The van der Waals surface area contributed by atoms with Crippen molar-refractivity contribution < 1.29 is 28.3 Å². The molecule has 0 unspecified atom stereocenters. The molecule has 8 nitrogen and oxygen atoms in total. The minimum atomic E-state index is -1.26. The third-order valence-corrected chi connectivity index (χ3v) is 3.61. The highest BCUT2D eigenvalue weighted by molar-refractivity contribution is 5.91. The maximum Gasteiger partial charge on any atom is 0.407 e. The predicted molar refractivity (Wildman–Crippen MR) is 95.5 cm³/mol. The van der Waals surface area contributed by atoms with E-state index < -0.39 is 37.0 Å². The Morgan fingerprint density at radius 1 is 1.15 bits per heavy atom. The Morgan fingerprint density at radius 3 is 2.41 bits per heavy atom. The molecule has 0 aromatic heterocycles.